The quantitative estimate of drug-likeness (QED) is 0.819. The molecule has 1 aromatic rings. The lowest BCUT2D eigenvalue weighted by Gasteiger charge is -2.23. The normalized spacial score (nSPS) is 27.1. The molecule has 0 bridgehead atoms. The fourth-order valence-electron chi connectivity index (χ4n) is 2.80. The minimum atomic E-state index is -1.04. The maximum atomic E-state index is 12.3. The molecule has 106 valence electrons. The van der Waals surface area contributed by atoms with E-state index in [1.165, 1.54) is 4.90 Å². The zero-order chi connectivity index (χ0) is 14.4. The lowest BCUT2D eigenvalue weighted by molar-refractivity contribution is -0.120. The molecule has 2 amide bonds. The van der Waals surface area contributed by atoms with E-state index >= 15 is 0 Å². The average Bonchev–Trinajstić information content (AvgIpc) is 3.03. The van der Waals surface area contributed by atoms with E-state index in [4.69, 9.17) is 11.6 Å². The van der Waals surface area contributed by atoms with Gasteiger partial charge in [0.15, 0.2) is 0 Å². The molecule has 2 aliphatic rings. The van der Waals surface area contributed by atoms with Gasteiger partial charge in [-0.25, -0.2) is 9.78 Å². The van der Waals surface area contributed by atoms with Crippen molar-refractivity contribution in [3.63, 3.8) is 0 Å². The Balaban J connectivity index is 1.76. The predicted octanol–water partition coefficient (Wildman–Crippen LogP) is 2.12. The van der Waals surface area contributed by atoms with Gasteiger partial charge in [-0.1, -0.05) is 17.7 Å². The molecule has 1 aliphatic carbocycles. The number of nitrogens with zero attached hydrogens (tertiary/aromatic N) is 2. The molecule has 0 aromatic carbocycles. The Labute approximate surface area is 120 Å². The van der Waals surface area contributed by atoms with Crippen molar-refractivity contribution >= 4 is 29.4 Å². The third-order valence-corrected chi connectivity index (χ3v) is 4.14. The predicted molar refractivity (Wildman–Crippen MR) is 72.8 cm³/mol. The number of likely N-dealkylation sites (tertiary alicyclic amines) is 1. The van der Waals surface area contributed by atoms with Crippen molar-refractivity contribution in [1.82, 2.24) is 9.88 Å². The number of rotatable bonds is 2. The van der Waals surface area contributed by atoms with Gasteiger partial charge in [0.05, 0.1) is 0 Å². The Bertz CT molecular complexity index is 592. The minimum Gasteiger partial charge on any atom is -0.465 e. The van der Waals surface area contributed by atoms with Crippen LogP contribution in [-0.2, 0) is 4.79 Å². The summed E-state index contributed by atoms with van der Waals surface area (Å²) in [5, 5.41) is 12.2. The SMILES string of the molecule is Cc1ccc(Cl)nc1NC(=O)C1CC2CC2N1C(=O)O. The summed E-state index contributed by atoms with van der Waals surface area (Å²) in [7, 11) is 0. The van der Waals surface area contributed by atoms with Crippen LogP contribution in [0.1, 0.15) is 18.4 Å². The second-order valence-electron chi connectivity index (χ2n) is 5.29. The molecule has 7 heteroatoms. The number of pyridine rings is 1. The van der Waals surface area contributed by atoms with Crippen molar-refractivity contribution in [3.8, 4) is 0 Å². The van der Waals surface area contributed by atoms with Crippen LogP contribution in [0.15, 0.2) is 12.1 Å². The first-order valence-corrected chi connectivity index (χ1v) is 6.80. The highest BCUT2D eigenvalue weighted by Crippen LogP contribution is 2.47. The number of hydrogen-bond acceptors (Lipinski definition) is 3. The van der Waals surface area contributed by atoms with Gasteiger partial charge in [-0.15, -0.1) is 0 Å². The zero-order valence-corrected chi connectivity index (χ0v) is 11.6. The van der Waals surface area contributed by atoms with Gasteiger partial charge < -0.3 is 10.4 Å². The molecular formula is C13H14ClN3O3. The van der Waals surface area contributed by atoms with Crippen LogP contribution in [0.4, 0.5) is 10.6 Å². The van der Waals surface area contributed by atoms with Gasteiger partial charge in [-0.2, -0.15) is 0 Å². The Kier molecular flexibility index (Phi) is 3.05. The maximum Gasteiger partial charge on any atom is 0.408 e. The van der Waals surface area contributed by atoms with Crippen molar-refractivity contribution in [1.29, 1.82) is 0 Å². The van der Waals surface area contributed by atoms with E-state index in [0.29, 0.717) is 18.2 Å². The molecule has 1 aromatic heterocycles. The number of carbonyl (C=O) groups is 2. The summed E-state index contributed by atoms with van der Waals surface area (Å²) >= 11 is 5.80. The minimum absolute atomic E-state index is 0.0108. The first kappa shape index (κ1) is 13.2. The highest BCUT2D eigenvalue weighted by molar-refractivity contribution is 6.29. The number of amides is 2. The molecule has 6 nitrogen and oxygen atoms in total. The number of fused-ring (bicyclic) bond motifs is 1. The number of piperidine rings is 1. The van der Waals surface area contributed by atoms with Gasteiger partial charge >= 0.3 is 6.09 Å². The van der Waals surface area contributed by atoms with Gasteiger partial charge in [0, 0.05) is 6.04 Å². The number of anilines is 1. The molecule has 2 N–H and O–H groups in total. The Morgan fingerprint density at radius 3 is 2.90 bits per heavy atom. The number of carboxylic acid groups (broad SMARTS) is 1. The number of halogens is 1. The largest absolute Gasteiger partial charge is 0.465 e. The molecule has 3 atom stereocenters. The van der Waals surface area contributed by atoms with E-state index in [-0.39, 0.29) is 17.1 Å². The van der Waals surface area contributed by atoms with E-state index in [2.05, 4.69) is 10.3 Å². The Morgan fingerprint density at radius 2 is 2.20 bits per heavy atom. The standard InChI is InChI=1S/C13H14ClN3O3/c1-6-2-3-10(14)15-11(6)16-12(18)9-5-7-4-8(7)17(9)13(19)20/h2-3,7-9H,4-5H2,1H3,(H,19,20)(H,15,16,18). The third kappa shape index (κ3) is 2.20. The molecule has 3 unspecified atom stereocenters. The smallest absolute Gasteiger partial charge is 0.408 e. The summed E-state index contributed by atoms with van der Waals surface area (Å²) in [6.07, 6.45) is 0.415. The van der Waals surface area contributed by atoms with Crippen LogP contribution in [0, 0.1) is 12.8 Å². The summed E-state index contributed by atoms with van der Waals surface area (Å²) in [5.41, 5.74) is 0.785. The van der Waals surface area contributed by atoms with Crippen LogP contribution in [-0.4, -0.2) is 39.1 Å². The van der Waals surface area contributed by atoms with E-state index in [0.717, 1.165) is 12.0 Å². The fourth-order valence-corrected chi connectivity index (χ4v) is 2.94. The summed E-state index contributed by atoms with van der Waals surface area (Å²) in [6.45, 7) is 1.81. The van der Waals surface area contributed by atoms with Gasteiger partial charge in [-0.3, -0.25) is 9.69 Å². The number of aryl methyl sites for hydroxylation is 1. The maximum absolute atomic E-state index is 12.3. The zero-order valence-electron chi connectivity index (χ0n) is 10.8. The molecule has 2 fully saturated rings. The highest BCUT2D eigenvalue weighted by atomic mass is 35.5. The second kappa shape index (κ2) is 4.63. The highest BCUT2D eigenvalue weighted by Gasteiger charge is 2.56. The van der Waals surface area contributed by atoms with Crippen molar-refractivity contribution in [3.05, 3.63) is 22.8 Å². The first-order chi connectivity index (χ1) is 9.47. The second-order valence-corrected chi connectivity index (χ2v) is 5.68. The molecule has 0 radical (unpaired) electrons. The van der Waals surface area contributed by atoms with Gasteiger partial charge in [-0.05, 0) is 37.3 Å². The van der Waals surface area contributed by atoms with Crippen LogP contribution in [0.5, 0.6) is 0 Å². The summed E-state index contributed by atoms with van der Waals surface area (Å²) < 4.78 is 0. The summed E-state index contributed by atoms with van der Waals surface area (Å²) in [5.74, 6) is 0.376. The Morgan fingerprint density at radius 1 is 1.45 bits per heavy atom. The van der Waals surface area contributed by atoms with E-state index < -0.39 is 12.1 Å². The molecule has 0 spiro atoms. The van der Waals surface area contributed by atoms with Gasteiger partial charge in [0.25, 0.3) is 0 Å². The molecular weight excluding hydrogens is 282 g/mol. The lowest BCUT2D eigenvalue weighted by Crippen LogP contribution is -2.45. The van der Waals surface area contributed by atoms with E-state index in [1.807, 2.05) is 0 Å². The van der Waals surface area contributed by atoms with E-state index in [1.54, 1.807) is 19.1 Å². The van der Waals surface area contributed by atoms with Crippen molar-refractivity contribution in [2.24, 2.45) is 5.92 Å². The van der Waals surface area contributed by atoms with Crippen LogP contribution in [0.3, 0.4) is 0 Å². The molecule has 1 aliphatic heterocycles. The van der Waals surface area contributed by atoms with Crippen molar-refractivity contribution in [2.45, 2.75) is 31.8 Å². The van der Waals surface area contributed by atoms with E-state index in [9.17, 15) is 14.7 Å². The number of aromatic nitrogens is 1. The lowest BCUT2D eigenvalue weighted by atomic mass is 10.1. The van der Waals surface area contributed by atoms with Gasteiger partial charge in [0.2, 0.25) is 5.91 Å². The van der Waals surface area contributed by atoms with Crippen LogP contribution in [0.2, 0.25) is 5.15 Å². The van der Waals surface area contributed by atoms with Crippen molar-refractivity contribution in [2.75, 3.05) is 5.32 Å². The van der Waals surface area contributed by atoms with Crippen LogP contribution >= 0.6 is 11.6 Å². The first-order valence-electron chi connectivity index (χ1n) is 6.42. The number of nitrogens with one attached hydrogen (secondary N) is 1. The topological polar surface area (TPSA) is 82.5 Å². The summed E-state index contributed by atoms with van der Waals surface area (Å²) in [6, 6.07) is 2.78. The van der Waals surface area contributed by atoms with Crippen molar-refractivity contribution < 1.29 is 14.7 Å². The summed E-state index contributed by atoms with van der Waals surface area (Å²) in [4.78, 5) is 28.8. The Hall–Kier alpha value is -1.82. The average molecular weight is 296 g/mol. The number of hydrogen-bond donors (Lipinski definition) is 2. The van der Waals surface area contributed by atoms with Crippen LogP contribution in [0.25, 0.3) is 0 Å². The van der Waals surface area contributed by atoms with Gasteiger partial charge in [0.1, 0.15) is 17.0 Å². The molecule has 3 rings (SSSR count). The monoisotopic (exact) mass is 295 g/mol. The molecule has 1 saturated carbocycles. The third-order valence-electron chi connectivity index (χ3n) is 3.93. The fraction of sp³-hybridized carbons (Fsp3) is 0.462. The molecule has 1 saturated heterocycles. The molecule has 20 heavy (non-hydrogen) atoms. The number of carbonyl (C=O) groups excluding carboxylic acids is 1. The molecule has 2 heterocycles. The van der Waals surface area contributed by atoms with Crippen LogP contribution < -0.4 is 5.32 Å².